The monoisotopic (exact) mass is 296 g/mol. The summed E-state index contributed by atoms with van der Waals surface area (Å²) in [6.07, 6.45) is 3.54. The fourth-order valence-electron chi connectivity index (χ4n) is 2.47. The Morgan fingerprint density at radius 2 is 2.35 bits per heavy atom. The van der Waals surface area contributed by atoms with Gasteiger partial charge in [-0.2, -0.15) is 0 Å². The van der Waals surface area contributed by atoms with Gasteiger partial charge in [0.15, 0.2) is 0 Å². The lowest BCUT2D eigenvalue weighted by atomic mass is 9.98. The third kappa shape index (κ3) is 4.03. The lowest BCUT2D eigenvalue weighted by Crippen LogP contribution is -2.42. The van der Waals surface area contributed by atoms with Gasteiger partial charge in [0.2, 0.25) is 5.91 Å². The fourth-order valence-corrected chi connectivity index (χ4v) is 3.29. The summed E-state index contributed by atoms with van der Waals surface area (Å²) in [6, 6.07) is 0. The van der Waals surface area contributed by atoms with Crippen LogP contribution in [0.4, 0.5) is 0 Å². The second-order valence-corrected chi connectivity index (χ2v) is 6.20. The number of rotatable bonds is 5. The first-order valence-electron chi connectivity index (χ1n) is 6.98. The van der Waals surface area contributed by atoms with Crippen molar-refractivity contribution < 1.29 is 14.7 Å². The number of piperidine rings is 1. The van der Waals surface area contributed by atoms with Crippen LogP contribution in [0.1, 0.15) is 36.4 Å². The highest BCUT2D eigenvalue weighted by Gasteiger charge is 2.27. The van der Waals surface area contributed by atoms with Gasteiger partial charge >= 0.3 is 5.97 Å². The third-order valence-corrected chi connectivity index (χ3v) is 4.60. The molecule has 110 valence electrons. The summed E-state index contributed by atoms with van der Waals surface area (Å²) < 4.78 is 0. The fraction of sp³-hybridized carbons (Fsp3) is 0.643. The molecule has 1 fully saturated rings. The number of likely N-dealkylation sites (tertiary alicyclic amines) is 1. The molecule has 1 N–H and O–H groups in total. The van der Waals surface area contributed by atoms with Crippen LogP contribution in [-0.2, 0) is 16.0 Å². The number of aromatic nitrogens is 1. The van der Waals surface area contributed by atoms with Gasteiger partial charge in [0.25, 0.3) is 0 Å². The molecule has 1 aliphatic heterocycles. The number of hydrogen-bond donors (Lipinski definition) is 1. The van der Waals surface area contributed by atoms with Crippen LogP contribution in [0.3, 0.4) is 0 Å². The van der Waals surface area contributed by atoms with Gasteiger partial charge in [-0.05, 0) is 32.6 Å². The number of amides is 1. The van der Waals surface area contributed by atoms with Gasteiger partial charge in [-0.3, -0.25) is 9.59 Å². The molecule has 1 saturated heterocycles. The highest BCUT2D eigenvalue weighted by Crippen LogP contribution is 2.18. The lowest BCUT2D eigenvalue weighted by molar-refractivity contribution is -0.145. The average molecular weight is 296 g/mol. The first-order valence-corrected chi connectivity index (χ1v) is 7.86. The van der Waals surface area contributed by atoms with E-state index in [4.69, 9.17) is 5.11 Å². The third-order valence-electron chi connectivity index (χ3n) is 3.57. The standard InChI is InChI=1S/C14H20N2O3S/c1-10-9-20-12(15-10)5-2-6-13(17)16-7-3-4-11(8-16)14(18)19/h9,11H,2-8H2,1H3,(H,18,19). The number of carbonyl (C=O) groups is 2. The maximum atomic E-state index is 12.1. The minimum atomic E-state index is -0.791. The van der Waals surface area contributed by atoms with Crippen molar-refractivity contribution in [3.63, 3.8) is 0 Å². The molecule has 1 aliphatic rings. The molecule has 0 saturated carbocycles. The maximum Gasteiger partial charge on any atom is 0.308 e. The molecule has 0 aromatic carbocycles. The Labute approximate surface area is 122 Å². The van der Waals surface area contributed by atoms with E-state index < -0.39 is 11.9 Å². The van der Waals surface area contributed by atoms with E-state index in [1.54, 1.807) is 16.2 Å². The molecule has 1 unspecified atom stereocenters. The minimum absolute atomic E-state index is 0.0734. The van der Waals surface area contributed by atoms with E-state index in [1.807, 2.05) is 12.3 Å². The molecule has 1 atom stereocenters. The van der Waals surface area contributed by atoms with Gasteiger partial charge in [-0.15, -0.1) is 11.3 Å². The molecule has 20 heavy (non-hydrogen) atoms. The molecule has 2 rings (SSSR count). The van der Waals surface area contributed by atoms with E-state index in [0.29, 0.717) is 25.9 Å². The summed E-state index contributed by atoms with van der Waals surface area (Å²) in [5.41, 5.74) is 1.02. The number of hydrogen-bond acceptors (Lipinski definition) is 4. The van der Waals surface area contributed by atoms with Crippen LogP contribution < -0.4 is 0 Å². The van der Waals surface area contributed by atoms with E-state index in [2.05, 4.69) is 4.98 Å². The molecular weight excluding hydrogens is 276 g/mol. The summed E-state index contributed by atoms with van der Waals surface area (Å²) in [6.45, 7) is 3.02. The Hall–Kier alpha value is -1.43. The van der Waals surface area contributed by atoms with Crippen LogP contribution in [0, 0.1) is 12.8 Å². The van der Waals surface area contributed by atoms with Gasteiger partial charge in [0, 0.05) is 30.6 Å². The molecule has 0 bridgehead atoms. The Kier molecular flexibility index (Phi) is 5.11. The van der Waals surface area contributed by atoms with Crippen LogP contribution in [-0.4, -0.2) is 40.0 Å². The van der Waals surface area contributed by atoms with Crippen LogP contribution in [0.2, 0.25) is 0 Å². The van der Waals surface area contributed by atoms with E-state index >= 15 is 0 Å². The van der Waals surface area contributed by atoms with Gasteiger partial charge < -0.3 is 10.0 Å². The van der Waals surface area contributed by atoms with Crippen molar-refractivity contribution in [3.05, 3.63) is 16.1 Å². The number of carboxylic acids is 1. The zero-order valence-electron chi connectivity index (χ0n) is 11.7. The number of carboxylic acid groups (broad SMARTS) is 1. The highest BCUT2D eigenvalue weighted by molar-refractivity contribution is 7.09. The molecule has 0 radical (unpaired) electrons. The molecule has 1 aromatic rings. The SMILES string of the molecule is Cc1csc(CCCC(=O)N2CCCC(C(=O)O)C2)n1. The van der Waals surface area contributed by atoms with Crippen molar-refractivity contribution in [2.45, 2.75) is 39.0 Å². The number of nitrogens with zero attached hydrogens (tertiary/aromatic N) is 2. The highest BCUT2D eigenvalue weighted by atomic mass is 32.1. The van der Waals surface area contributed by atoms with Crippen molar-refractivity contribution in [3.8, 4) is 0 Å². The summed E-state index contributed by atoms with van der Waals surface area (Å²) in [7, 11) is 0. The Bertz CT molecular complexity index is 487. The molecule has 0 spiro atoms. The van der Waals surface area contributed by atoms with Gasteiger partial charge in [0.1, 0.15) is 0 Å². The Morgan fingerprint density at radius 1 is 1.55 bits per heavy atom. The van der Waals surface area contributed by atoms with E-state index in [0.717, 1.165) is 30.0 Å². The molecule has 0 aliphatic carbocycles. The van der Waals surface area contributed by atoms with Crippen LogP contribution >= 0.6 is 11.3 Å². The van der Waals surface area contributed by atoms with Gasteiger partial charge in [-0.1, -0.05) is 0 Å². The summed E-state index contributed by atoms with van der Waals surface area (Å²) in [5, 5.41) is 12.1. The topological polar surface area (TPSA) is 70.5 Å². The average Bonchev–Trinajstić information content (AvgIpc) is 2.84. The lowest BCUT2D eigenvalue weighted by Gasteiger charge is -2.30. The maximum absolute atomic E-state index is 12.1. The van der Waals surface area contributed by atoms with Crippen molar-refractivity contribution >= 4 is 23.2 Å². The summed E-state index contributed by atoms with van der Waals surface area (Å²) in [4.78, 5) is 29.1. The Balaban J connectivity index is 1.75. The van der Waals surface area contributed by atoms with Crippen LogP contribution in [0.15, 0.2) is 5.38 Å². The van der Waals surface area contributed by atoms with Crippen molar-refractivity contribution in [2.24, 2.45) is 5.92 Å². The number of aliphatic carboxylic acids is 1. The summed E-state index contributed by atoms with van der Waals surface area (Å²) in [5.74, 6) is -1.11. The predicted molar refractivity (Wildman–Crippen MR) is 76.7 cm³/mol. The molecular formula is C14H20N2O3S. The second kappa shape index (κ2) is 6.83. The second-order valence-electron chi connectivity index (χ2n) is 5.25. The van der Waals surface area contributed by atoms with Gasteiger partial charge in [0.05, 0.1) is 10.9 Å². The molecule has 1 aromatic heterocycles. The first-order chi connectivity index (χ1) is 9.56. The predicted octanol–water partition coefficient (Wildman–Crippen LogP) is 2.10. The van der Waals surface area contributed by atoms with Gasteiger partial charge in [-0.25, -0.2) is 4.98 Å². The van der Waals surface area contributed by atoms with E-state index in [-0.39, 0.29) is 5.91 Å². The normalized spacial score (nSPS) is 19.1. The smallest absolute Gasteiger partial charge is 0.308 e. The number of thiazole rings is 1. The van der Waals surface area contributed by atoms with Crippen molar-refractivity contribution in [1.82, 2.24) is 9.88 Å². The minimum Gasteiger partial charge on any atom is -0.481 e. The van der Waals surface area contributed by atoms with Crippen LogP contribution in [0.25, 0.3) is 0 Å². The van der Waals surface area contributed by atoms with E-state index in [1.165, 1.54) is 0 Å². The molecule has 2 heterocycles. The number of carbonyl (C=O) groups excluding carboxylic acids is 1. The zero-order chi connectivity index (χ0) is 14.5. The van der Waals surface area contributed by atoms with E-state index in [9.17, 15) is 9.59 Å². The largest absolute Gasteiger partial charge is 0.481 e. The zero-order valence-corrected chi connectivity index (χ0v) is 12.5. The van der Waals surface area contributed by atoms with Crippen molar-refractivity contribution in [1.29, 1.82) is 0 Å². The quantitative estimate of drug-likeness (QED) is 0.903. The molecule has 6 heteroatoms. The summed E-state index contributed by atoms with van der Waals surface area (Å²) >= 11 is 1.63. The van der Waals surface area contributed by atoms with Crippen LogP contribution in [0.5, 0.6) is 0 Å². The first kappa shape index (κ1) is 15.0. The molecule has 5 nitrogen and oxygen atoms in total. The number of aryl methyl sites for hydroxylation is 2. The molecule has 1 amide bonds. The van der Waals surface area contributed by atoms with Crippen molar-refractivity contribution in [2.75, 3.05) is 13.1 Å². The Morgan fingerprint density at radius 3 is 3.00 bits per heavy atom.